The Morgan fingerprint density at radius 2 is 1.27 bits per heavy atom. The Bertz CT molecular complexity index is 2320. The Labute approximate surface area is 310 Å². The van der Waals surface area contributed by atoms with Crippen molar-refractivity contribution < 1.29 is 4.74 Å². The van der Waals surface area contributed by atoms with Gasteiger partial charge in [-0.2, -0.15) is 0 Å². The number of hydrogen-bond donors (Lipinski definition) is 1. The van der Waals surface area contributed by atoms with Gasteiger partial charge >= 0.3 is 0 Å². The zero-order valence-corrected chi connectivity index (χ0v) is 31.6. The number of rotatable bonds is 6. The van der Waals surface area contributed by atoms with Crippen LogP contribution in [0.25, 0.3) is 39.0 Å². The number of benzene rings is 5. The molecule has 2 nitrogen and oxygen atoms in total. The molecule has 1 N–H and O–H groups in total. The Morgan fingerprint density at radius 1 is 0.673 bits per heavy atom. The van der Waals surface area contributed by atoms with Crippen molar-refractivity contribution in [2.45, 2.75) is 52.4 Å². The molecule has 8 rings (SSSR count). The maximum Gasteiger partial charge on any atom is 0.127 e. The molecule has 2 aliphatic carbocycles. The van der Waals surface area contributed by atoms with Gasteiger partial charge in [0, 0.05) is 40.3 Å². The van der Waals surface area contributed by atoms with Crippen molar-refractivity contribution in [3.8, 4) is 28.0 Å². The van der Waals surface area contributed by atoms with Gasteiger partial charge in [-0.15, -0.1) is 0 Å². The van der Waals surface area contributed by atoms with Gasteiger partial charge in [0.25, 0.3) is 0 Å². The van der Waals surface area contributed by atoms with E-state index < -0.39 is 0 Å². The van der Waals surface area contributed by atoms with E-state index in [-0.39, 0.29) is 10.8 Å². The van der Waals surface area contributed by atoms with Crippen LogP contribution in [0.5, 0.6) is 5.75 Å². The molecule has 3 aliphatic rings. The smallest absolute Gasteiger partial charge is 0.127 e. The maximum absolute atomic E-state index is 5.85. The summed E-state index contributed by atoms with van der Waals surface area (Å²) in [6.45, 7) is 18.3. The van der Waals surface area contributed by atoms with E-state index in [9.17, 15) is 0 Å². The molecular formula is C50H49NO. The summed E-state index contributed by atoms with van der Waals surface area (Å²) in [4.78, 5) is 0. The summed E-state index contributed by atoms with van der Waals surface area (Å²) in [6.07, 6.45) is 12.6. The summed E-state index contributed by atoms with van der Waals surface area (Å²) in [5, 5.41) is 3.34. The van der Waals surface area contributed by atoms with Gasteiger partial charge < -0.3 is 10.1 Å². The van der Waals surface area contributed by atoms with Crippen molar-refractivity contribution in [2.24, 2.45) is 0 Å². The number of ether oxygens (including phenoxy) is 1. The molecule has 0 atom stereocenters. The Morgan fingerprint density at radius 3 is 1.92 bits per heavy atom. The van der Waals surface area contributed by atoms with E-state index in [1.807, 2.05) is 44.3 Å². The number of fused-ring (bicyclic) bond motifs is 7. The molecule has 52 heavy (non-hydrogen) atoms. The van der Waals surface area contributed by atoms with Crippen LogP contribution < -0.4 is 10.1 Å². The van der Waals surface area contributed by atoms with Gasteiger partial charge in [-0.25, -0.2) is 0 Å². The van der Waals surface area contributed by atoms with Crippen LogP contribution >= 0.6 is 0 Å². The number of hydrogen-bond acceptors (Lipinski definition) is 2. The normalized spacial score (nSPS) is 16.4. The fourth-order valence-electron chi connectivity index (χ4n) is 8.21. The summed E-state index contributed by atoms with van der Waals surface area (Å²) < 4.78 is 5.85. The molecule has 0 fully saturated rings. The first-order chi connectivity index (χ1) is 25.1. The predicted molar refractivity (Wildman–Crippen MR) is 224 cm³/mol. The van der Waals surface area contributed by atoms with E-state index in [2.05, 4.69) is 156 Å². The van der Waals surface area contributed by atoms with Gasteiger partial charge in [0.05, 0.1) is 0 Å². The fraction of sp³-hybridized carbons (Fsp3) is 0.200. The SMILES string of the molecule is C/C=C(\C=C1/COc2ccccc21)c1ccc2c(c1)C(C)(C)c1ccccc1-2.C=C(/C=C\C=C/C)c1cc2c(cc1NC)-c1ccccc1C2(C)C. The van der Waals surface area contributed by atoms with Crippen molar-refractivity contribution in [3.05, 3.63) is 185 Å². The van der Waals surface area contributed by atoms with Gasteiger partial charge in [0.2, 0.25) is 0 Å². The first kappa shape index (κ1) is 34.8. The zero-order valence-electron chi connectivity index (χ0n) is 31.6. The number of nitrogens with one attached hydrogen (secondary N) is 1. The molecule has 0 aromatic heterocycles. The lowest BCUT2D eigenvalue weighted by Gasteiger charge is -2.23. The van der Waals surface area contributed by atoms with E-state index in [0.29, 0.717) is 6.61 Å². The van der Waals surface area contributed by atoms with Crippen molar-refractivity contribution in [1.82, 2.24) is 0 Å². The second-order valence-corrected chi connectivity index (χ2v) is 14.9. The van der Waals surface area contributed by atoms with Gasteiger partial charge in [-0.3, -0.25) is 0 Å². The minimum Gasteiger partial charge on any atom is -0.488 e. The molecule has 1 heterocycles. The molecule has 260 valence electrons. The van der Waals surface area contributed by atoms with Crippen molar-refractivity contribution in [1.29, 1.82) is 0 Å². The standard InChI is InChI=1S/C27H24O.C23H25N/c1-4-18(15-20-17-28-26-12-8-6-9-21(20)26)19-13-14-23-22-10-5-7-11-24(22)27(2,3)25(23)16-19;1-6-7-8-11-16(2)18-14-21-19(15-22(18)24-5)17-12-9-10-13-20(17)23(21,3)4/h4-16H,17H2,1-3H3;6-15,24H,2H2,1,3-5H3/b18-4+,20-15+;7-6-,11-8-. The molecule has 0 bridgehead atoms. The molecular weight excluding hydrogens is 631 g/mol. The quantitative estimate of drug-likeness (QED) is 0.180. The highest BCUT2D eigenvalue weighted by atomic mass is 16.5. The second-order valence-electron chi connectivity index (χ2n) is 14.9. The molecule has 0 radical (unpaired) electrons. The molecule has 0 amide bonds. The van der Waals surface area contributed by atoms with Crippen LogP contribution in [-0.2, 0) is 10.8 Å². The predicted octanol–water partition coefficient (Wildman–Crippen LogP) is 13.1. The second kappa shape index (κ2) is 13.8. The molecule has 2 heteroatoms. The van der Waals surface area contributed by atoms with Crippen molar-refractivity contribution in [3.63, 3.8) is 0 Å². The summed E-state index contributed by atoms with van der Waals surface area (Å²) in [6, 6.07) is 37.3. The topological polar surface area (TPSA) is 21.3 Å². The van der Waals surface area contributed by atoms with E-state index in [1.54, 1.807) is 0 Å². The Hall–Kier alpha value is -5.60. The van der Waals surface area contributed by atoms with Gasteiger partial charge in [0.1, 0.15) is 12.4 Å². The minimum absolute atomic E-state index is 0.0142. The average Bonchev–Trinajstić information content (AvgIpc) is 3.76. The summed E-state index contributed by atoms with van der Waals surface area (Å²) in [7, 11) is 1.97. The van der Waals surface area contributed by atoms with Crippen LogP contribution in [0.3, 0.4) is 0 Å². The molecule has 0 spiro atoms. The Balaban J connectivity index is 0.000000164. The molecule has 5 aromatic carbocycles. The highest BCUT2D eigenvalue weighted by Crippen LogP contribution is 2.51. The van der Waals surface area contributed by atoms with Crippen LogP contribution in [0.4, 0.5) is 5.69 Å². The monoisotopic (exact) mass is 679 g/mol. The number of para-hydroxylation sites is 1. The van der Waals surface area contributed by atoms with Crippen LogP contribution in [-0.4, -0.2) is 13.7 Å². The molecule has 1 aliphatic heterocycles. The van der Waals surface area contributed by atoms with Gasteiger partial charge in [-0.1, -0.05) is 144 Å². The third-order valence-electron chi connectivity index (χ3n) is 11.1. The van der Waals surface area contributed by atoms with E-state index in [4.69, 9.17) is 4.74 Å². The summed E-state index contributed by atoms with van der Waals surface area (Å²) in [5.41, 5.74) is 19.3. The minimum atomic E-state index is 0.0142. The summed E-state index contributed by atoms with van der Waals surface area (Å²) in [5.74, 6) is 0.981. The van der Waals surface area contributed by atoms with Gasteiger partial charge in [-0.05, 0) is 105 Å². The number of anilines is 1. The lowest BCUT2D eigenvalue weighted by atomic mass is 9.81. The summed E-state index contributed by atoms with van der Waals surface area (Å²) >= 11 is 0. The third-order valence-corrected chi connectivity index (χ3v) is 11.1. The van der Waals surface area contributed by atoms with E-state index in [0.717, 1.165) is 22.6 Å². The molecule has 0 saturated carbocycles. The molecule has 0 saturated heterocycles. The van der Waals surface area contributed by atoms with Crippen LogP contribution in [0.1, 0.15) is 80.5 Å². The molecule has 0 unspecified atom stereocenters. The first-order valence-electron chi connectivity index (χ1n) is 18.4. The fourth-order valence-corrected chi connectivity index (χ4v) is 8.21. The van der Waals surface area contributed by atoms with Crippen LogP contribution in [0.15, 0.2) is 146 Å². The highest BCUT2D eigenvalue weighted by Gasteiger charge is 2.37. The van der Waals surface area contributed by atoms with Crippen LogP contribution in [0.2, 0.25) is 0 Å². The lowest BCUT2D eigenvalue weighted by molar-refractivity contribution is 0.388. The van der Waals surface area contributed by atoms with Crippen molar-refractivity contribution >= 4 is 22.4 Å². The largest absolute Gasteiger partial charge is 0.488 e. The Kier molecular flexibility index (Phi) is 9.27. The number of allylic oxidation sites excluding steroid dienone is 8. The average molecular weight is 680 g/mol. The van der Waals surface area contributed by atoms with E-state index >= 15 is 0 Å². The highest BCUT2D eigenvalue weighted by molar-refractivity contribution is 5.91. The van der Waals surface area contributed by atoms with Crippen molar-refractivity contribution in [2.75, 3.05) is 19.0 Å². The maximum atomic E-state index is 5.85. The van der Waals surface area contributed by atoms with E-state index in [1.165, 1.54) is 66.8 Å². The lowest BCUT2D eigenvalue weighted by Crippen LogP contribution is -2.15. The first-order valence-corrected chi connectivity index (χ1v) is 18.4. The third kappa shape index (κ3) is 5.97. The molecule has 5 aromatic rings. The zero-order chi connectivity index (χ0) is 36.6. The van der Waals surface area contributed by atoms with Gasteiger partial charge in [0.15, 0.2) is 0 Å². The van der Waals surface area contributed by atoms with Crippen LogP contribution in [0, 0.1) is 0 Å².